The lowest BCUT2D eigenvalue weighted by atomic mass is 9.73. The molecule has 1 spiro atoms. The summed E-state index contributed by atoms with van der Waals surface area (Å²) in [4.78, 5) is 48.2. The van der Waals surface area contributed by atoms with Gasteiger partial charge in [0.1, 0.15) is 0 Å². The molecule has 13 nitrogen and oxygen atoms in total. The third-order valence-electron chi connectivity index (χ3n) is 12.5. The number of piperazine rings is 1. The van der Waals surface area contributed by atoms with Crippen LogP contribution < -0.4 is 22.1 Å². The summed E-state index contributed by atoms with van der Waals surface area (Å²) in [5.41, 5.74) is 12.1. The zero-order chi connectivity index (χ0) is 34.5. The van der Waals surface area contributed by atoms with Crippen LogP contribution in [0.4, 0.5) is 20.1 Å². The lowest BCUT2D eigenvalue weighted by Crippen LogP contribution is -2.64. The minimum Gasteiger partial charge on any atom is -0.465 e. The number of carbonyl (C=O) groups is 3. The van der Waals surface area contributed by atoms with Gasteiger partial charge in [0.25, 0.3) is 0 Å². The normalized spacial score (nSPS) is 30.5. The second kappa shape index (κ2) is 15.4. The van der Waals surface area contributed by atoms with Gasteiger partial charge in [-0.05, 0) is 98.9 Å². The molecule has 3 aliphatic heterocycles. The minimum atomic E-state index is -1.01. The zero-order valence-corrected chi connectivity index (χ0v) is 28.8. The fraction of sp³-hybridized carbons (Fsp3) is 0.722. The molecule has 3 heterocycles. The molecule has 49 heavy (non-hydrogen) atoms. The van der Waals surface area contributed by atoms with E-state index in [1.54, 1.807) is 21.9 Å². The number of nitrogens with zero attached hydrogens (tertiary/aromatic N) is 4. The van der Waals surface area contributed by atoms with E-state index in [9.17, 15) is 24.6 Å². The molecule has 1 aromatic carbocycles. The maximum Gasteiger partial charge on any atom is 0.407 e. The molecule has 2 aliphatic carbocycles. The molecule has 0 bridgehead atoms. The highest BCUT2D eigenvalue weighted by atomic mass is 16.4. The summed E-state index contributed by atoms with van der Waals surface area (Å²) in [5, 5.41) is 27.6. The van der Waals surface area contributed by atoms with Crippen LogP contribution in [0.5, 0.6) is 0 Å². The largest absolute Gasteiger partial charge is 0.465 e. The number of fused-ring (bicyclic) bond motifs is 3. The summed E-state index contributed by atoms with van der Waals surface area (Å²) in [6.45, 7) is 3.47. The number of urea groups is 1. The predicted molar refractivity (Wildman–Crippen MR) is 187 cm³/mol. The Bertz CT molecular complexity index is 1330. The lowest BCUT2D eigenvalue weighted by Gasteiger charge is -2.51. The van der Waals surface area contributed by atoms with Crippen molar-refractivity contribution in [2.75, 3.05) is 39.3 Å². The number of nitrogens with two attached hydrogens (primary N) is 2. The molecule has 5 atom stereocenters. The van der Waals surface area contributed by atoms with Crippen LogP contribution in [0, 0.1) is 29.6 Å². The number of hydrogen-bond donors (Lipinski definition) is 6. The van der Waals surface area contributed by atoms with Crippen molar-refractivity contribution in [1.29, 1.82) is 0 Å². The van der Waals surface area contributed by atoms with Crippen LogP contribution in [0.15, 0.2) is 29.3 Å². The van der Waals surface area contributed by atoms with Crippen molar-refractivity contribution in [3.05, 3.63) is 29.8 Å². The van der Waals surface area contributed by atoms with Gasteiger partial charge in [-0.1, -0.05) is 50.7 Å². The molecule has 1 aromatic rings. The van der Waals surface area contributed by atoms with E-state index in [4.69, 9.17) is 11.5 Å². The smallest absolute Gasteiger partial charge is 0.407 e. The summed E-state index contributed by atoms with van der Waals surface area (Å²) in [7, 11) is 0. The molecule has 270 valence electrons. The molecular weight excluding hydrogens is 624 g/mol. The topological polar surface area (TPSA) is 190 Å². The van der Waals surface area contributed by atoms with Gasteiger partial charge >= 0.3 is 18.2 Å². The van der Waals surface area contributed by atoms with Crippen LogP contribution in [0.2, 0.25) is 0 Å². The van der Waals surface area contributed by atoms with Gasteiger partial charge in [-0.3, -0.25) is 0 Å². The molecule has 0 aromatic heterocycles. The van der Waals surface area contributed by atoms with E-state index in [1.165, 1.54) is 30.6 Å². The zero-order valence-electron chi connectivity index (χ0n) is 28.8. The number of nitrogens with one attached hydrogen (secondary N) is 2. The van der Waals surface area contributed by atoms with Gasteiger partial charge in [-0.15, -0.1) is 0 Å². The predicted octanol–water partition coefficient (Wildman–Crippen LogP) is 4.59. The fourth-order valence-electron chi connectivity index (χ4n) is 10.2. The second-order valence-electron chi connectivity index (χ2n) is 15.2. The molecule has 5 fully saturated rings. The molecule has 2 saturated carbocycles. The first kappa shape index (κ1) is 35.1. The highest BCUT2D eigenvalue weighted by molar-refractivity contribution is 5.79. The molecule has 4 amide bonds. The van der Waals surface area contributed by atoms with Crippen molar-refractivity contribution in [2.24, 2.45) is 46.0 Å². The van der Waals surface area contributed by atoms with E-state index in [2.05, 4.69) is 15.6 Å². The first-order valence-electron chi connectivity index (χ1n) is 18.6. The molecule has 5 aliphatic rings. The number of hydrogen-bond acceptors (Lipinski definition) is 5. The highest BCUT2D eigenvalue weighted by Gasteiger charge is 2.72. The highest BCUT2D eigenvalue weighted by Crippen LogP contribution is 2.67. The molecule has 6 rings (SSSR count). The molecule has 8 N–H and O–H groups in total. The van der Waals surface area contributed by atoms with Crippen molar-refractivity contribution in [1.82, 2.24) is 25.3 Å². The summed E-state index contributed by atoms with van der Waals surface area (Å²) in [5.74, 6) is 1.48. The summed E-state index contributed by atoms with van der Waals surface area (Å²) in [6.07, 6.45) is 11.4. The van der Waals surface area contributed by atoms with Gasteiger partial charge in [0.05, 0.1) is 17.3 Å². The Labute approximate surface area is 289 Å². The fourth-order valence-corrected chi connectivity index (χ4v) is 10.2. The number of carbonyl (C=O) groups excluding carboxylic acids is 1. The maximum atomic E-state index is 13.5. The van der Waals surface area contributed by atoms with Gasteiger partial charge in [-0.2, -0.15) is 0 Å². The number of piperidine rings is 2. The van der Waals surface area contributed by atoms with E-state index in [0.717, 1.165) is 70.0 Å². The minimum absolute atomic E-state index is 0.0272. The van der Waals surface area contributed by atoms with Gasteiger partial charge in [0.2, 0.25) is 0 Å². The van der Waals surface area contributed by atoms with Crippen molar-refractivity contribution < 1.29 is 24.6 Å². The van der Waals surface area contributed by atoms with Crippen LogP contribution in [-0.2, 0) is 6.54 Å². The second-order valence-corrected chi connectivity index (χ2v) is 15.2. The van der Waals surface area contributed by atoms with Crippen LogP contribution in [-0.4, -0.2) is 99.9 Å². The van der Waals surface area contributed by atoms with Gasteiger partial charge in [0.15, 0.2) is 5.96 Å². The number of aliphatic imine (C=N–C) groups is 1. The van der Waals surface area contributed by atoms with E-state index < -0.39 is 18.2 Å². The molecule has 3 saturated heterocycles. The monoisotopic (exact) mass is 680 g/mol. The first-order chi connectivity index (χ1) is 23.7. The van der Waals surface area contributed by atoms with Crippen LogP contribution >= 0.6 is 0 Å². The van der Waals surface area contributed by atoms with E-state index in [0.29, 0.717) is 36.5 Å². The Balaban J connectivity index is 1.18. The van der Waals surface area contributed by atoms with Gasteiger partial charge in [0, 0.05) is 32.7 Å². The Morgan fingerprint density at radius 2 is 1.59 bits per heavy atom. The number of carboxylic acid groups (broad SMARTS) is 2. The van der Waals surface area contributed by atoms with Gasteiger partial charge in [-0.25, -0.2) is 19.4 Å². The Hall–Kier alpha value is -3.74. The summed E-state index contributed by atoms with van der Waals surface area (Å²) < 4.78 is 0. The first-order valence-corrected chi connectivity index (χ1v) is 18.6. The van der Waals surface area contributed by atoms with Crippen molar-refractivity contribution in [3.8, 4) is 0 Å². The number of rotatable bonds is 8. The van der Waals surface area contributed by atoms with Gasteiger partial charge < -0.3 is 47.0 Å². The van der Waals surface area contributed by atoms with E-state index in [-0.39, 0.29) is 49.0 Å². The standard InChI is InChI=1S/C36H56N8O5/c37-32(38)41-28-12-10-25(11-13-28)21-40-33(45)42-18-19-43(34(46)47)31(23-42)26-20-27(7-5-6-24-14-16-39-17-15-24)36(44(22-26)35(48)49)29-8-3-1-2-4-9-30(29)36/h10-13,24,26-27,29-31,39H,1-9,14-23H2,(H,40,45)(H,46,47)(H,48,49)(H4,37,38,41). The molecule has 0 radical (unpaired) electrons. The number of guanidine groups is 1. The third-order valence-corrected chi connectivity index (χ3v) is 12.5. The maximum absolute atomic E-state index is 13.5. The quantitative estimate of drug-likeness (QED) is 0.170. The van der Waals surface area contributed by atoms with Crippen LogP contribution in [0.1, 0.15) is 82.6 Å². The Morgan fingerprint density at radius 1 is 0.898 bits per heavy atom. The molecule has 5 unspecified atom stereocenters. The average molecular weight is 681 g/mol. The summed E-state index contributed by atoms with van der Waals surface area (Å²) in [6, 6.07) is 6.50. The number of amides is 4. The van der Waals surface area contributed by atoms with E-state index >= 15 is 0 Å². The van der Waals surface area contributed by atoms with Crippen molar-refractivity contribution in [2.45, 2.75) is 95.2 Å². The number of likely N-dealkylation sites (tertiary alicyclic amines) is 1. The summed E-state index contributed by atoms with van der Waals surface area (Å²) >= 11 is 0. The van der Waals surface area contributed by atoms with Crippen molar-refractivity contribution in [3.63, 3.8) is 0 Å². The van der Waals surface area contributed by atoms with E-state index in [1.807, 2.05) is 12.1 Å². The number of benzene rings is 1. The Morgan fingerprint density at radius 3 is 2.22 bits per heavy atom. The molecular formula is C36H56N8O5. The van der Waals surface area contributed by atoms with Crippen molar-refractivity contribution >= 4 is 29.9 Å². The molecule has 13 heteroatoms. The lowest BCUT2D eigenvalue weighted by molar-refractivity contribution is -0.0213. The average Bonchev–Trinajstić information content (AvgIpc) is 3.68. The Kier molecular flexibility index (Phi) is 11.1. The van der Waals surface area contributed by atoms with Crippen LogP contribution in [0.25, 0.3) is 0 Å². The van der Waals surface area contributed by atoms with Crippen LogP contribution in [0.3, 0.4) is 0 Å². The third kappa shape index (κ3) is 7.71. The SMILES string of the molecule is NC(N)=Nc1ccc(CNC(=O)N2CCN(C(=O)O)C(C3CC(CCCC4CCNCC4)C4(C5CCCCCCC54)N(C(=O)O)C3)C2)cc1.